The van der Waals surface area contributed by atoms with Crippen molar-refractivity contribution < 1.29 is 26.2 Å². The largest absolute Gasteiger partial charge is 0.0721 e. The van der Waals surface area contributed by atoms with Crippen molar-refractivity contribution in [1.29, 1.82) is 0 Å². The van der Waals surface area contributed by atoms with Crippen molar-refractivity contribution in [3.63, 3.8) is 0 Å². The van der Waals surface area contributed by atoms with E-state index >= 15 is 0 Å². The number of hydrogen-bond donors (Lipinski definition) is 0. The van der Waals surface area contributed by atoms with Gasteiger partial charge in [0.25, 0.3) is 0 Å². The summed E-state index contributed by atoms with van der Waals surface area (Å²) in [7, 11) is 0. The molecule has 0 N–H and O–H groups in total. The Morgan fingerprint density at radius 2 is 1.83 bits per heavy atom. The van der Waals surface area contributed by atoms with Gasteiger partial charge in [-0.2, -0.15) is 0 Å². The first-order valence-corrected chi connectivity index (χ1v) is 4.05. The molecule has 1 aromatic carbocycles. The second kappa shape index (κ2) is 4.19. The summed E-state index contributed by atoms with van der Waals surface area (Å²) < 4.78 is 0. The molecule has 0 nitrogen and oxygen atoms in total. The van der Waals surface area contributed by atoms with E-state index in [-0.39, 0.29) is 26.2 Å². The molecule has 12 heavy (non-hydrogen) atoms. The third kappa shape index (κ3) is 1.61. The van der Waals surface area contributed by atoms with E-state index in [4.69, 9.17) is 0 Å². The summed E-state index contributed by atoms with van der Waals surface area (Å²) in [5, 5.41) is 0. The van der Waals surface area contributed by atoms with Gasteiger partial charge in [-0.05, 0) is 17.5 Å². The summed E-state index contributed by atoms with van der Waals surface area (Å²) in [6.07, 6.45) is 5.53. The topological polar surface area (TPSA) is 0 Å². The maximum absolute atomic E-state index is 2.21. The molecule has 1 aliphatic rings. The van der Waals surface area contributed by atoms with Crippen LogP contribution in [0.25, 0.3) is 6.08 Å². The normalized spacial score (nSPS) is 14.1. The van der Waals surface area contributed by atoms with Gasteiger partial charge in [-0.1, -0.05) is 43.3 Å². The number of fused-ring (bicyclic) bond motifs is 1. The minimum Gasteiger partial charge on any atom is -0.0721 e. The molecule has 1 radical (unpaired) electrons. The molecule has 0 fully saturated rings. The third-order valence-corrected chi connectivity index (χ3v) is 2.15. The average Bonchev–Trinajstić information content (AvgIpc) is 2.47. The van der Waals surface area contributed by atoms with Gasteiger partial charge in [-0.15, -0.1) is 0 Å². The zero-order chi connectivity index (χ0) is 7.68. The van der Waals surface area contributed by atoms with Gasteiger partial charge in [0.2, 0.25) is 0 Å². The standard InChI is InChI=1S/C11H11.Zr/c1-2-9-7-8-10-5-3-4-6-11(9)10;/h3-8H,2H2,1H3;. The Bertz CT molecular complexity index is 289. The average molecular weight is 234 g/mol. The Kier molecular flexibility index (Phi) is 3.46. The van der Waals surface area contributed by atoms with Crippen LogP contribution in [-0.4, -0.2) is 0 Å². The molecular formula is C11H11Zr. The van der Waals surface area contributed by atoms with Crippen LogP contribution >= 0.6 is 0 Å². The second-order valence-electron chi connectivity index (χ2n) is 2.80. The molecule has 0 unspecified atom stereocenters. The van der Waals surface area contributed by atoms with Crippen molar-refractivity contribution in [2.75, 3.05) is 0 Å². The SMILES string of the molecule is CC[C]1C=Cc2ccccc21.[Zr]. The molecule has 2 rings (SSSR count). The maximum Gasteiger partial charge on any atom is 0.0270 e. The predicted molar refractivity (Wildman–Crippen MR) is 48.1 cm³/mol. The van der Waals surface area contributed by atoms with Crippen LogP contribution in [0.5, 0.6) is 0 Å². The van der Waals surface area contributed by atoms with Gasteiger partial charge in [0.1, 0.15) is 0 Å². The Morgan fingerprint density at radius 1 is 1.08 bits per heavy atom. The van der Waals surface area contributed by atoms with Gasteiger partial charge in [-0.3, -0.25) is 0 Å². The fourth-order valence-electron chi connectivity index (χ4n) is 1.52. The third-order valence-electron chi connectivity index (χ3n) is 2.15. The van der Waals surface area contributed by atoms with Crippen molar-refractivity contribution in [3.8, 4) is 0 Å². The zero-order valence-corrected chi connectivity index (χ0v) is 9.63. The minimum absolute atomic E-state index is 0. The van der Waals surface area contributed by atoms with E-state index in [1.54, 1.807) is 0 Å². The van der Waals surface area contributed by atoms with Crippen LogP contribution in [0.1, 0.15) is 24.5 Å². The van der Waals surface area contributed by atoms with Crippen LogP contribution in [0.3, 0.4) is 0 Å². The van der Waals surface area contributed by atoms with Crippen LogP contribution in [0.15, 0.2) is 30.3 Å². The fourth-order valence-corrected chi connectivity index (χ4v) is 1.52. The van der Waals surface area contributed by atoms with E-state index in [9.17, 15) is 0 Å². The molecule has 0 spiro atoms. The van der Waals surface area contributed by atoms with E-state index in [2.05, 4.69) is 43.3 Å². The van der Waals surface area contributed by atoms with E-state index < -0.39 is 0 Å². The summed E-state index contributed by atoms with van der Waals surface area (Å²) in [5.74, 6) is 1.46. The molecule has 0 aliphatic heterocycles. The van der Waals surface area contributed by atoms with E-state index in [0.29, 0.717) is 0 Å². The van der Waals surface area contributed by atoms with Crippen LogP contribution < -0.4 is 0 Å². The fraction of sp³-hybridized carbons (Fsp3) is 0.182. The number of allylic oxidation sites excluding steroid dienone is 1. The number of rotatable bonds is 1. The van der Waals surface area contributed by atoms with Gasteiger partial charge < -0.3 is 0 Å². The van der Waals surface area contributed by atoms with E-state index in [1.807, 2.05) is 0 Å². The maximum atomic E-state index is 2.21. The predicted octanol–water partition coefficient (Wildman–Crippen LogP) is 3.04. The molecule has 0 saturated heterocycles. The van der Waals surface area contributed by atoms with Gasteiger partial charge in [-0.25, -0.2) is 0 Å². The van der Waals surface area contributed by atoms with Crippen LogP contribution in [-0.2, 0) is 26.2 Å². The van der Waals surface area contributed by atoms with Gasteiger partial charge in [0.15, 0.2) is 0 Å². The molecule has 0 bridgehead atoms. The van der Waals surface area contributed by atoms with Gasteiger partial charge in [0, 0.05) is 32.1 Å². The minimum atomic E-state index is 0. The summed E-state index contributed by atoms with van der Waals surface area (Å²) >= 11 is 0. The molecule has 59 valence electrons. The molecule has 0 aromatic heterocycles. The molecule has 0 atom stereocenters. The molecule has 0 saturated carbocycles. The first-order chi connectivity index (χ1) is 5.42. The summed E-state index contributed by atoms with van der Waals surface area (Å²) in [5.41, 5.74) is 2.78. The van der Waals surface area contributed by atoms with Crippen molar-refractivity contribution in [2.45, 2.75) is 13.3 Å². The number of benzene rings is 1. The summed E-state index contributed by atoms with van der Waals surface area (Å²) in [4.78, 5) is 0. The van der Waals surface area contributed by atoms with Crippen LogP contribution in [0, 0.1) is 5.92 Å². The zero-order valence-electron chi connectivity index (χ0n) is 7.17. The first kappa shape index (κ1) is 9.93. The van der Waals surface area contributed by atoms with Crippen LogP contribution in [0.4, 0.5) is 0 Å². The molecule has 0 heterocycles. The monoisotopic (exact) mass is 233 g/mol. The Hall–Kier alpha value is -0.157. The number of hydrogen-bond acceptors (Lipinski definition) is 0. The van der Waals surface area contributed by atoms with Crippen molar-refractivity contribution in [2.24, 2.45) is 0 Å². The summed E-state index contributed by atoms with van der Waals surface area (Å²) in [6.45, 7) is 2.20. The van der Waals surface area contributed by atoms with Gasteiger partial charge >= 0.3 is 0 Å². The van der Waals surface area contributed by atoms with Crippen LogP contribution in [0.2, 0.25) is 0 Å². The molecule has 1 aliphatic carbocycles. The molecular weight excluding hydrogens is 223 g/mol. The van der Waals surface area contributed by atoms with Crippen molar-refractivity contribution >= 4 is 6.08 Å². The van der Waals surface area contributed by atoms with E-state index in [1.165, 1.54) is 17.0 Å². The Morgan fingerprint density at radius 3 is 2.58 bits per heavy atom. The second-order valence-corrected chi connectivity index (χ2v) is 2.80. The van der Waals surface area contributed by atoms with Gasteiger partial charge in [0.05, 0.1) is 0 Å². The van der Waals surface area contributed by atoms with Crippen molar-refractivity contribution in [1.82, 2.24) is 0 Å². The van der Waals surface area contributed by atoms with E-state index in [0.717, 1.165) is 6.42 Å². The quantitative estimate of drug-likeness (QED) is 0.700. The summed E-state index contributed by atoms with van der Waals surface area (Å²) in [6, 6.07) is 8.53. The smallest absolute Gasteiger partial charge is 0.0270 e. The molecule has 1 heteroatoms. The first-order valence-electron chi connectivity index (χ1n) is 4.05. The Labute approximate surface area is 92.8 Å². The van der Waals surface area contributed by atoms with Crippen molar-refractivity contribution in [3.05, 3.63) is 47.4 Å². The Balaban J connectivity index is 0.000000720. The molecule has 0 amide bonds. The molecule has 1 aromatic rings.